The van der Waals surface area contributed by atoms with Crippen LogP contribution in [0.1, 0.15) is 39.2 Å². The summed E-state index contributed by atoms with van der Waals surface area (Å²) in [5.41, 5.74) is 1.80. The zero-order valence-corrected chi connectivity index (χ0v) is 14.9. The van der Waals surface area contributed by atoms with Gasteiger partial charge in [0.1, 0.15) is 0 Å². The summed E-state index contributed by atoms with van der Waals surface area (Å²) in [7, 11) is -4.04. The molecule has 1 aromatic rings. The molecule has 0 bridgehead atoms. The highest BCUT2D eigenvalue weighted by atomic mass is 32.2. The molecule has 23 heavy (non-hydrogen) atoms. The maximum Gasteiger partial charge on any atom is 0.326 e. The van der Waals surface area contributed by atoms with E-state index in [0.717, 1.165) is 11.1 Å². The van der Waals surface area contributed by atoms with Crippen LogP contribution in [0.4, 0.5) is 0 Å². The third-order valence-electron chi connectivity index (χ3n) is 3.76. The number of carbonyl (C=O) groups is 1. The molecule has 0 amide bonds. The summed E-state index contributed by atoms with van der Waals surface area (Å²) < 4.78 is 24.3. The standard InChI is InChI=1S/C18H24O4S/c1-5-6-12-18(17(19)20,13-11-14(2)3)23(21,22)16-9-7-15(4)8-10-16/h5-11H,12-13H2,1-4H3,(H,19,20). The fraction of sp³-hybridized carbons (Fsp3) is 0.389. The number of allylic oxidation sites excluding steroid dienone is 4. The molecule has 1 unspecified atom stereocenters. The first-order valence-electron chi connectivity index (χ1n) is 7.46. The van der Waals surface area contributed by atoms with E-state index in [4.69, 9.17) is 0 Å². The second kappa shape index (κ2) is 7.59. The first-order valence-corrected chi connectivity index (χ1v) is 8.95. The summed E-state index contributed by atoms with van der Waals surface area (Å²) in [5, 5.41) is 9.77. The summed E-state index contributed by atoms with van der Waals surface area (Å²) in [5.74, 6) is -1.33. The predicted molar refractivity (Wildman–Crippen MR) is 92.2 cm³/mol. The first-order chi connectivity index (χ1) is 10.7. The Morgan fingerprint density at radius 2 is 1.74 bits per heavy atom. The van der Waals surface area contributed by atoms with Gasteiger partial charge in [0.05, 0.1) is 4.90 Å². The number of hydrogen-bond acceptors (Lipinski definition) is 3. The first kappa shape index (κ1) is 19.2. The highest BCUT2D eigenvalue weighted by molar-refractivity contribution is 7.93. The van der Waals surface area contributed by atoms with Crippen LogP contribution in [0.2, 0.25) is 0 Å². The van der Waals surface area contributed by atoms with E-state index in [1.807, 2.05) is 20.8 Å². The number of rotatable bonds is 7. The number of benzene rings is 1. The van der Waals surface area contributed by atoms with Crippen LogP contribution in [-0.2, 0) is 14.6 Å². The summed E-state index contributed by atoms with van der Waals surface area (Å²) in [6.45, 7) is 7.23. The third kappa shape index (κ3) is 4.10. The topological polar surface area (TPSA) is 71.4 Å². The van der Waals surface area contributed by atoms with E-state index in [1.54, 1.807) is 37.3 Å². The summed E-state index contributed by atoms with van der Waals surface area (Å²) in [6.07, 6.45) is 4.80. The van der Waals surface area contributed by atoms with Gasteiger partial charge in [-0.3, -0.25) is 4.79 Å². The number of sulfone groups is 1. The van der Waals surface area contributed by atoms with E-state index in [-0.39, 0.29) is 17.7 Å². The molecule has 0 fully saturated rings. The smallest absolute Gasteiger partial charge is 0.326 e. The molecule has 0 aromatic heterocycles. The molecule has 0 aliphatic rings. The molecule has 1 atom stereocenters. The molecule has 126 valence electrons. The van der Waals surface area contributed by atoms with Crippen LogP contribution >= 0.6 is 0 Å². The fourth-order valence-corrected chi connectivity index (χ4v) is 4.01. The van der Waals surface area contributed by atoms with Crippen LogP contribution in [-0.4, -0.2) is 24.2 Å². The van der Waals surface area contributed by atoms with E-state index in [9.17, 15) is 18.3 Å². The molecule has 0 saturated heterocycles. The molecule has 0 saturated carbocycles. The summed E-state index contributed by atoms with van der Waals surface area (Å²) >= 11 is 0. The molecule has 1 N–H and O–H groups in total. The van der Waals surface area contributed by atoms with Crippen molar-refractivity contribution in [3.63, 3.8) is 0 Å². The van der Waals surface area contributed by atoms with Crippen LogP contribution in [0, 0.1) is 6.92 Å². The van der Waals surface area contributed by atoms with Crippen LogP contribution in [0.3, 0.4) is 0 Å². The number of hydrogen-bond donors (Lipinski definition) is 1. The lowest BCUT2D eigenvalue weighted by Crippen LogP contribution is -2.46. The van der Waals surface area contributed by atoms with Gasteiger partial charge >= 0.3 is 5.97 Å². The van der Waals surface area contributed by atoms with E-state index in [0.29, 0.717) is 0 Å². The molecule has 4 nitrogen and oxygen atoms in total. The molecule has 0 spiro atoms. The van der Waals surface area contributed by atoms with Gasteiger partial charge in [0, 0.05) is 0 Å². The van der Waals surface area contributed by atoms with Crippen LogP contribution in [0.5, 0.6) is 0 Å². The summed E-state index contributed by atoms with van der Waals surface area (Å²) in [4.78, 5) is 12.0. The van der Waals surface area contributed by atoms with Crippen LogP contribution < -0.4 is 0 Å². The van der Waals surface area contributed by atoms with Gasteiger partial charge in [0.2, 0.25) is 0 Å². The van der Waals surface area contributed by atoms with Crippen molar-refractivity contribution in [1.29, 1.82) is 0 Å². The van der Waals surface area contributed by atoms with Crippen molar-refractivity contribution in [1.82, 2.24) is 0 Å². The second-order valence-electron chi connectivity index (χ2n) is 5.87. The van der Waals surface area contributed by atoms with Gasteiger partial charge in [-0.15, -0.1) is 0 Å². The van der Waals surface area contributed by atoms with Crippen molar-refractivity contribution in [2.45, 2.75) is 50.2 Å². The lowest BCUT2D eigenvalue weighted by molar-refractivity contribution is -0.140. The molecule has 0 aliphatic carbocycles. The molecule has 1 aromatic carbocycles. The Balaban J connectivity index is 3.55. The SMILES string of the molecule is CC=CCC(CC=C(C)C)(C(=O)O)S(=O)(=O)c1ccc(C)cc1. The van der Waals surface area contributed by atoms with E-state index >= 15 is 0 Å². The molecule has 5 heteroatoms. The number of carboxylic acid groups (broad SMARTS) is 1. The number of aryl methyl sites for hydroxylation is 1. The highest BCUT2D eigenvalue weighted by Gasteiger charge is 2.50. The third-order valence-corrected chi connectivity index (χ3v) is 6.19. The molecule has 1 rings (SSSR count). The Labute approximate surface area is 138 Å². The van der Waals surface area contributed by atoms with Gasteiger partial charge in [0.25, 0.3) is 0 Å². The van der Waals surface area contributed by atoms with E-state index < -0.39 is 20.6 Å². The zero-order valence-electron chi connectivity index (χ0n) is 14.0. The van der Waals surface area contributed by atoms with Gasteiger partial charge in [-0.05, 0) is 52.7 Å². The molecule has 0 radical (unpaired) electrons. The number of carboxylic acids is 1. The lowest BCUT2D eigenvalue weighted by Gasteiger charge is -2.27. The quantitative estimate of drug-likeness (QED) is 0.766. The molecular formula is C18H24O4S. The predicted octanol–water partition coefficient (Wildman–Crippen LogP) is 3.91. The minimum atomic E-state index is -4.04. The van der Waals surface area contributed by atoms with Crippen LogP contribution in [0.15, 0.2) is 53.0 Å². The van der Waals surface area contributed by atoms with Gasteiger partial charge in [-0.25, -0.2) is 8.42 Å². The van der Waals surface area contributed by atoms with Crippen molar-refractivity contribution in [2.75, 3.05) is 0 Å². The van der Waals surface area contributed by atoms with E-state index in [1.165, 1.54) is 12.1 Å². The van der Waals surface area contributed by atoms with Gasteiger partial charge in [0.15, 0.2) is 14.6 Å². The Morgan fingerprint density at radius 1 is 1.17 bits per heavy atom. The minimum Gasteiger partial charge on any atom is -0.480 e. The Hall–Kier alpha value is -1.88. The maximum atomic E-state index is 13.1. The van der Waals surface area contributed by atoms with Crippen molar-refractivity contribution in [3.8, 4) is 0 Å². The maximum absolute atomic E-state index is 13.1. The monoisotopic (exact) mass is 336 g/mol. The average Bonchev–Trinajstić information content (AvgIpc) is 2.47. The zero-order chi connectivity index (χ0) is 17.7. The second-order valence-corrected chi connectivity index (χ2v) is 8.13. The van der Waals surface area contributed by atoms with Gasteiger partial charge < -0.3 is 5.11 Å². The Morgan fingerprint density at radius 3 is 2.17 bits per heavy atom. The van der Waals surface area contributed by atoms with Crippen LogP contribution in [0.25, 0.3) is 0 Å². The van der Waals surface area contributed by atoms with Crippen molar-refractivity contribution >= 4 is 15.8 Å². The van der Waals surface area contributed by atoms with Gasteiger partial charge in [-0.1, -0.05) is 41.5 Å². The van der Waals surface area contributed by atoms with Crippen molar-refractivity contribution in [2.24, 2.45) is 0 Å². The normalized spacial score (nSPS) is 14.4. The fourth-order valence-electron chi connectivity index (χ4n) is 2.21. The lowest BCUT2D eigenvalue weighted by atomic mass is 9.98. The average molecular weight is 336 g/mol. The Bertz CT molecular complexity index is 708. The summed E-state index contributed by atoms with van der Waals surface area (Å²) in [6, 6.07) is 6.30. The Kier molecular flexibility index (Phi) is 6.33. The molecule has 0 aliphatic heterocycles. The number of aliphatic carboxylic acids is 1. The molecular weight excluding hydrogens is 312 g/mol. The van der Waals surface area contributed by atoms with Gasteiger partial charge in [-0.2, -0.15) is 0 Å². The molecule has 0 heterocycles. The largest absolute Gasteiger partial charge is 0.480 e. The minimum absolute atomic E-state index is 0.0390. The van der Waals surface area contributed by atoms with Crippen molar-refractivity contribution in [3.05, 3.63) is 53.6 Å². The highest BCUT2D eigenvalue weighted by Crippen LogP contribution is 2.34. The van der Waals surface area contributed by atoms with Crippen molar-refractivity contribution < 1.29 is 18.3 Å². The van der Waals surface area contributed by atoms with E-state index in [2.05, 4.69) is 0 Å².